The van der Waals surface area contributed by atoms with Crippen molar-refractivity contribution in [1.29, 1.82) is 0 Å². The van der Waals surface area contributed by atoms with E-state index in [0.29, 0.717) is 25.5 Å². The van der Waals surface area contributed by atoms with Crippen LogP contribution in [0.1, 0.15) is 5.56 Å². The Hall–Kier alpha value is -2.18. The van der Waals surface area contributed by atoms with Gasteiger partial charge in [-0.15, -0.1) is 19.8 Å². The Labute approximate surface area is 121 Å². The highest BCUT2D eigenvalue weighted by molar-refractivity contribution is 5.79. The summed E-state index contributed by atoms with van der Waals surface area (Å²) < 4.78 is 39.9. The minimum absolute atomic E-state index is 0.220. The first-order valence-corrected chi connectivity index (χ1v) is 6.34. The average Bonchev–Trinajstić information content (AvgIpc) is 2.43. The van der Waals surface area contributed by atoms with Gasteiger partial charge < -0.3 is 15.4 Å². The Balaban J connectivity index is 2.40. The number of guanidine groups is 1. The van der Waals surface area contributed by atoms with Crippen LogP contribution >= 0.6 is 0 Å². The number of aliphatic imine (C=N–C) groups is 1. The fourth-order valence-electron chi connectivity index (χ4n) is 1.57. The van der Waals surface area contributed by atoms with Crippen molar-refractivity contribution in [2.75, 3.05) is 20.1 Å². The van der Waals surface area contributed by atoms with Gasteiger partial charge in [-0.05, 0) is 24.1 Å². The van der Waals surface area contributed by atoms with E-state index >= 15 is 0 Å². The quantitative estimate of drug-likeness (QED) is 0.482. The van der Waals surface area contributed by atoms with Crippen molar-refractivity contribution in [3.8, 4) is 5.75 Å². The highest BCUT2D eigenvalue weighted by Crippen LogP contribution is 2.22. The first kappa shape index (κ1) is 16.9. The summed E-state index contributed by atoms with van der Waals surface area (Å²) in [4.78, 5) is 4.01. The third kappa shape index (κ3) is 7.24. The van der Waals surface area contributed by atoms with Crippen LogP contribution in [0, 0.1) is 0 Å². The molecule has 2 N–H and O–H groups in total. The minimum Gasteiger partial charge on any atom is -0.406 e. The van der Waals surface area contributed by atoms with E-state index in [1.54, 1.807) is 25.3 Å². The standard InChI is InChI=1S/C14H18F3N3O/c1-3-9-19-13(18-2)20-10-8-11-4-6-12(7-5-11)21-14(15,16)17/h3-7H,1,8-10H2,2H3,(H2,18,19,20). The van der Waals surface area contributed by atoms with Gasteiger partial charge in [0.1, 0.15) is 5.75 Å². The summed E-state index contributed by atoms with van der Waals surface area (Å²) in [6.45, 7) is 4.80. The number of halogens is 3. The second kappa shape index (κ2) is 8.18. The van der Waals surface area contributed by atoms with Crippen LogP contribution in [-0.4, -0.2) is 32.5 Å². The summed E-state index contributed by atoms with van der Waals surface area (Å²) in [5.41, 5.74) is 0.899. The van der Waals surface area contributed by atoms with Gasteiger partial charge in [-0.3, -0.25) is 4.99 Å². The minimum atomic E-state index is -4.66. The first-order valence-electron chi connectivity index (χ1n) is 6.34. The highest BCUT2D eigenvalue weighted by atomic mass is 19.4. The largest absolute Gasteiger partial charge is 0.573 e. The van der Waals surface area contributed by atoms with Gasteiger partial charge in [0.05, 0.1) is 0 Å². The van der Waals surface area contributed by atoms with E-state index in [4.69, 9.17) is 0 Å². The van der Waals surface area contributed by atoms with E-state index in [0.717, 1.165) is 5.56 Å². The van der Waals surface area contributed by atoms with Crippen LogP contribution in [0.4, 0.5) is 13.2 Å². The lowest BCUT2D eigenvalue weighted by molar-refractivity contribution is -0.274. The molecule has 0 amide bonds. The van der Waals surface area contributed by atoms with Gasteiger partial charge in [0, 0.05) is 20.1 Å². The maximum Gasteiger partial charge on any atom is 0.573 e. The van der Waals surface area contributed by atoms with Crippen LogP contribution < -0.4 is 15.4 Å². The maximum atomic E-state index is 12.0. The highest BCUT2D eigenvalue weighted by Gasteiger charge is 2.30. The molecule has 1 aromatic carbocycles. The predicted octanol–water partition coefficient (Wildman–Crippen LogP) is 2.48. The van der Waals surface area contributed by atoms with Gasteiger partial charge in [0.2, 0.25) is 0 Å². The Morgan fingerprint density at radius 3 is 2.48 bits per heavy atom. The molecular formula is C14H18F3N3O. The van der Waals surface area contributed by atoms with Crippen molar-refractivity contribution in [2.24, 2.45) is 4.99 Å². The fraction of sp³-hybridized carbons (Fsp3) is 0.357. The Morgan fingerprint density at radius 1 is 1.29 bits per heavy atom. The molecule has 0 unspecified atom stereocenters. The molecule has 7 heteroatoms. The van der Waals surface area contributed by atoms with Crippen molar-refractivity contribution in [2.45, 2.75) is 12.8 Å². The molecule has 116 valence electrons. The van der Waals surface area contributed by atoms with Crippen LogP contribution in [0.5, 0.6) is 5.75 Å². The Kier molecular flexibility index (Phi) is 6.58. The van der Waals surface area contributed by atoms with Gasteiger partial charge in [-0.25, -0.2) is 0 Å². The molecule has 0 aromatic heterocycles. The molecule has 1 aromatic rings. The Bertz CT molecular complexity index is 469. The Morgan fingerprint density at radius 2 is 1.95 bits per heavy atom. The number of hydrogen-bond acceptors (Lipinski definition) is 2. The second-order valence-electron chi connectivity index (χ2n) is 4.11. The number of nitrogens with zero attached hydrogens (tertiary/aromatic N) is 1. The summed E-state index contributed by atoms with van der Waals surface area (Å²) in [5, 5.41) is 6.10. The first-order chi connectivity index (χ1) is 9.94. The van der Waals surface area contributed by atoms with Crippen LogP contribution in [0.3, 0.4) is 0 Å². The number of alkyl halides is 3. The van der Waals surface area contributed by atoms with Crippen molar-refractivity contribution in [3.63, 3.8) is 0 Å². The van der Waals surface area contributed by atoms with Crippen molar-refractivity contribution >= 4 is 5.96 Å². The lowest BCUT2D eigenvalue weighted by Crippen LogP contribution is -2.38. The molecule has 1 rings (SSSR count). The molecule has 21 heavy (non-hydrogen) atoms. The van der Waals surface area contributed by atoms with Crippen molar-refractivity contribution in [3.05, 3.63) is 42.5 Å². The molecule has 0 bridgehead atoms. The van der Waals surface area contributed by atoms with E-state index in [-0.39, 0.29) is 5.75 Å². The van der Waals surface area contributed by atoms with Crippen molar-refractivity contribution < 1.29 is 17.9 Å². The van der Waals surface area contributed by atoms with Crippen LogP contribution in [0.15, 0.2) is 41.9 Å². The molecule has 0 aliphatic heterocycles. The third-order valence-corrected chi connectivity index (χ3v) is 2.50. The number of rotatable bonds is 6. The van der Waals surface area contributed by atoms with E-state index < -0.39 is 6.36 Å². The lowest BCUT2D eigenvalue weighted by atomic mass is 10.1. The smallest absolute Gasteiger partial charge is 0.406 e. The van der Waals surface area contributed by atoms with Crippen LogP contribution in [-0.2, 0) is 6.42 Å². The molecule has 0 saturated carbocycles. The zero-order chi connectivity index (χ0) is 15.7. The summed E-state index contributed by atoms with van der Waals surface area (Å²) in [6.07, 6.45) is -2.29. The van der Waals surface area contributed by atoms with Gasteiger partial charge in [0.15, 0.2) is 5.96 Å². The lowest BCUT2D eigenvalue weighted by Gasteiger charge is -2.11. The monoisotopic (exact) mass is 301 g/mol. The van der Waals surface area contributed by atoms with Crippen LogP contribution in [0.2, 0.25) is 0 Å². The molecule has 0 aliphatic carbocycles. The van der Waals surface area contributed by atoms with Gasteiger partial charge in [-0.1, -0.05) is 18.2 Å². The summed E-state index contributed by atoms with van der Waals surface area (Å²) in [6, 6.07) is 5.80. The second-order valence-corrected chi connectivity index (χ2v) is 4.11. The number of benzene rings is 1. The molecule has 0 fully saturated rings. The average molecular weight is 301 g/mol. The molecule has 0 saturated heterocycles. The normalized spacial score (nSPS) is 11.9. The fourth-order valence-corrected chi connectivity index (χ4v) is 1.57. The number of ether oxygens (including phenoxy) is 1. The van der Waals surface area contributed by atoms with E-state index in [9.17, 15) is 13.2 Å². The summed E-state index contributed by atoms with van der Waals surface area (Å²) in [7, 11) is 1.65. The molecule has 0 radical (unpaired) electrons. The zero-order valence-electron chi connectivity index (χ0n) is 11.7. The third-order valence-electron chi connectivity index (χ3n) is 2.50. The molecule has 0 atom stereocenters. The maximum absolute atomic E-state index is 12.0. The van der Waals surface area contributed by atoms with E-state index in [1.807, 2.05) is 0 Å². The van der Waals surface area contributed by atoms with E-state index in [2.05, 4.69) is 26.9 Å². The molecule has 0 heterocycles. The number of nitrogens with one attached hydrogen (secondary N) is 2. The zero-order valence-corrected chi connectivity index (χ0v) is 11.7. The topological polar surface area (TPSA) is 45.7 Å². The van der Waals surface area contributed by atoms with Gasteiger partial charge in [-0.2, -0.15) is 0 Å². The SMILES string of the molecule is C=CCNC(=NC)NCCc1ccc(OC(F)(F)F)cc1. The summed E-state index contributed by atoms with van der Waals surface area (Å²) in [5.74, 6) is 0.426. The van der Waals surface area contributed by atoms with Crippen LogP contribution in [0.25, 0.3) is 0 Å². The summed E-state index contributed by atoms with van der Waals surface area (Å²) >= 11 is 0. The van der Waals surface area contributed by atoms with E-state index in [1.165, 1.54) is 12.1 Å². The van der Waals surface area contributed by atoms with Gasteiger partial charge >= 0.3 is 6.36 Å². The molecule has 0 spiro atoms. The van der Waals surface area contributed by atoms with Crippen molar-refractivity contribution in [1.82, 2.24) is 10.6 Å². The number of hydrogen-bond donors (Lipinski definition) is 2. The molecule has 4 nitrogen and oxygen atoms in total. The predicted molar refractivity (Wildman–Crippen MR) is 76.4 cm³/mol. The molecular weight excluding hydrogens is 283 g/mol. The van der Waals surface area contributed by atoms with Gasteiger partial charge in [0.25, 0.3) is 0 Å². The molecule has 0 aliphatic rings.